The molecular formula is C15H14N6. The average Bonchev–Trinajstić information content (AvgIpc) is 2.55. The van der Waals surface area contributed by atoms with Crippen LogP contribution in [0.3, 0.4) is 0 Å². The molecule has 2 heterocycles. The van der Waals surface area contributed by atoms with Gasteiger partial charge in [0.25, 0.3) is 0 Å². The van der Waals surface area contributed by atoms with Gasteiger partial charge in [-0.25, -0.2) is 0 Å². The van der Waals surface area contributed by atoms with Gasteiger partial charge < -0.3 is 10.6 Å². The van der Waals surface area contributed by atoms with Gasteiger partial charge >= 0.3 is 0 Å². The van der Waals surface area contributed by atoms with E-state index in [0.717, 1.165) is 11.4 Å². The predicted molar refractivity (Wildman–Crippen MR) is 81.1 cm³/mol. The summed E-state index contributed by atoms with van der Waals surface area (Å²) >= 11 is 0. The zero-order valence-corrected chi connectivity index (χ0v) is 11.3. The van der Waals surface area contributed by atoms with E-state index in [2.05, 4.69) is 30.8 Å². The van der Waals surface area contributed by atoms with Crippen molar-refractivity contribution in [3.05, 3.63) is 66.6 Å². The molecule has 21 heavy (non-hydrogen) atoms. The van der Waals surface area contributed by atoms with Crippen LogP contribution >= 0.6 is 0 Å². The van der Waals surface area contributed by atoms with Crippen molar-refractivity contribution in [2.75, 3.05) is 10.6 Å². The molecule has 0 spiro atoms. The molecule has 6 nitrogen and oxygen atoms in total. The van der Waals surface area contributed by atoms with Crippen LogP contribution in [0.2, 0.25) is 0 Å². The Morgan fingerprint density at radius 2 is 1.81 bits per heavy atom. The van der Waals surface area contributed by atoms with E-state index >= 15 is 0 Å². The highest BCUT2D eigenvalue weighted by molar-refractivity contribution is 5.55. The minimum absolute atomic E-state index is 0.460. The highest BCUT2D eigenvalue weighted by atomic mass is 15.3. The highest BCUT2D eigenvalue weighted by Crippen LogP contribution is 2.13. The molecule has 3 rings (SSSR count). The molecule has 0 amide bonds. The van der Waals surface area contributed by atoms with Crippen molar-refractivity contribution in [3.8, 4) is 0 Å². The molecular weight excluding hydrogens is 264 g/mol. The Morgan fingerprint density at radius 1 is 0.952 bits per heavy atom. The lowest BCUT2D eigenvalue weighted by Gasteiger charge is -2.07. The molecule has 2 aromatic heterocycles. The molecule has 0 aliphatic heterocycles. The third kappa shape index (κ3) is 3.73. The molecule has 0 fully saturated rings. The maximum Gasteiger partial charge on any atom is 0.245 e. The van der Waals surface area contributed by atoms with Crippen LogP contribution in [0.4, 0.5) is 17.5 Å². The number of hydrogen-bond donors (Lipinski definition) is 2. The SMILES string of the molecule is c1ccc(Nc2cnnc(NCc3ccccn3)n2)cc1. The quantitative estimate of drug-likeness (QED) is 0.747. The van der Waals surface area contributed by atoms with E-state index in [9.17, 15) is 0 Å². The van der Waals surface area contributed by atoms with Gasteiger partial charge in [-0.2, -0.15) is 10.1 Å². The molecule has 0 unspecified atom stereocenters. The smallest absolute Gasteiger partial charge is 0.245 e. The second kappa shape index (κ2) is 6.42. The minimum Gasteiger partial charge on any atom is -0.347 e. The molecule has 0 aliphatic rings. The maximum atomic E-state index is 4.36. The number of hydrogen-bond acceptors (Lipinski definition) is 6. The summed E-state index contributed by atoms with van der Waals surface area (Å²) in [6.07, 6.45) is 3.34. The molecule has 1 aromatic carbocycles. The number of nitrogens with one attached hydrogen (secondary N) is 2. The number of para-hydroxylation sites is 1. The van der Waals surface area contributed by atoms with E-state index < -0.39 is 0 Å². The Hall–Kier alpha value is -3.02. The Kier molecular flexibility index (Phi) is 3.97. The summed E-state index contributed by atoms with van der Waals surface area (Å²) in [7, 11) is 0. The van der Waals surface area contributed by atoms with Crippen LogP contribution in [-0.4, -0.2) is 20.2 Å². The van der Waals surface area contributed by atoms with E-state index in [1.807, 2.05) is 48.5 Å². The average molecular weight is 278 g/mol. The Bertz CT molecular complexity index is 687. The summed E-state index contributed by atoms with van der Waals surface area (Å²) in [4.78, 5) is 8.59. The lowest BCUT2D eigenvalue weighted by molar-refractivity contribution is 0.934. The monoisotopic (exact) mass is 278 g/mol. The fraction of sp³-hybridized carbons (Fsp3) is 0.0667. The first-order chi connectivity index (χ1) is 10.4. The molecule has 0 radical (unpaired) electrons. The first-order valence-corrected chi connectivity index (χ1v) is 6.56. The van der Waals surface area contributed by atoms with Gasteiger partial charge in [-0.1, -0.05) is 24.3 Å². The normalized spacial score (nSPS) is 10.1. The van der Waals surface area contributed by atoms with Crippen LogP contribution in [0.15, 0.2) is 60.9 Å². The van der Waals surface area contributed by atoms with Gasteiger partial charge in [0, 0.05) is 11.9 Å². The molecule has 6 heteroatoms. The van der Waals surface area contributed by atoms with Crippen molar-refractivity contribution < 1.29 is 0 Å². The number of anilines is 3. The molecule has 104 valence electrons. The fourth-order valence-electron chi connectivity index (χ4n) is 1.78. The fourth-order valence-corrected chi connectivity index (χ4v) is 1.78. The van der Waals surface area contributed by atoms with Crippen LogP contribution in [0.5, 0.6) is 0 Å². The maximum absolute atomic E-state index is 4.36. The summed E-state index contributed by atoms with van der Waals surface area (Å²) in [6, 6.07) is 15.6. The molecule has 3 aromatic rings. The van der Waals surface area contributed by atoms with Crippen LogP contribution < -0.4 is 10.6 Å². The summed E-state index contributed by atoms with van der Waals surface area (Å²) in [5.41, 5.74) is 1.87. The van der Waals surface area contributed by atoms with Crippen LogP contribution in [0.1, 0.15) is 5.69 Å². The molecule has 0 atom stereocenters. The van der Waals surface area contributed by atoms with Gasteiger partial charge in [-0.05, 0) is 24.3 Å². The first kappa shape index (κ1) is 13.0. The van der Waals surface area contributed by atoms with Crippen LogP contribution in [0, 0.1) is 0 Å². The van der Waals surface area contributed by atoms with Crippen LogP contribution in [0.25, 0.3) is 0 Å². The van der Waals surface area contributed by atoms with E-state index in [-0.39, 0.29) is 0 Å². The predicted octanol–water partition coefficient (Wildman–Crippen LogP) is 2.62. The number of nitrogens with zero attached hydrogens (tertiary/aromatic N) is 4. The van der Waals surface area contributed by atoms with Crippen molar-refractivity contribution in [1.29, 1.82) is 0 Å². The molecule has 2 N–H and O–H groups in total. The van der Waals surface area contributed by atoms with Crippen molar-refractivity contribution in [1.82, 2.24) is 20.2 Å². The highest BCUT2D eigenvalue weighted by Gasteiger charge is 2.01. The van der Waals surface area contributed by atoms with E-state index in [1.165, 1.54) is 0 Å². The summed E-state index contributed by atoms with van der Waals surface area (Å²) < 4.78 is 0. The van der Waals surface area contributed by atoms with E-state index in [4.69, 9.17) is 0 Å². The summed E-state index contributed by atoms with van der Waals surface area (Å²) in [5, 5.41) is 14.2. The Morgan fingerprint density at radius 3 is 2.62 bits per heavy atom. The van der Waals surface area contributed by atoms with E-state index in [0.29, 0.717) is 18.3 Å². The van der Waals surface area contributed by atoms with E-state index in [1.54, 1.807) is 12.4 Å². The molecule has 0 aliphatic carbocycles. The minimum atomic E-state index is 0.460. The standard InChI is InChI=1S/C15H14N6/c1-2-6-12(7-3-1)19-14-11-18-21-15(20-14)17-10-13-8-4-5-9-16-13/h1-9,11H,10H2,(H2,17,19,20,21). The Balaban J connectivity index is 1.66. The van der Waals surface area contributed by atoms with Gasteiger partial charge in [-0.3, -0.25) is 4.98 Å². The summed E-state index contributed by atoms with van der Waals surface area (Å²) in [5.74, 6) is 1.10. The van der Waals surface area contributed by atoms with Gasteiger partial charge in [0.15, 0.2) is 5.82 Å². The molecule has 0 saturated carbocycles. The lowest BCUT2D eigenvalue weighted by Crippen LogP contribution is -2.07. The zero-order valence-electron chi connectivity index (χ0n) is 11.3. The van der Waals surface area contributed by atoms with Gasteiger partial charge in [0.2, 0.25) is 5.95 Å². The first-order valence-electron chi connectivity index (χ1n) is 6.56. The van der Waals surface area contributed by atoms with Crippen LogP contribution in [-0.2, 0) is 6.54 Å². The molecule has 0 saturated heterocycles. The topological polar surface area (TPSA) is 75.6 Å². The second-order valence-corrected chi connectivity index (χ2v) is 4.33. The van der Waals surface area contributed by atoms with Crippen molar-refractivity contribution in [3.63, 3.8) is 0 Å². The van der Waals surface area contributed by atoms with Crippen molar-refractivity contribution >= 4 is 17.5 Å². The number of pyridine rings is 1. The summed E-state index contributed by atoms with van der Waals surface area (Å²) in [6.45, 7) is 0.553. The lowest BCUT2D eigenvalue weighted by atomic mass is 10.3. The van der Waals surface area contributed by atoms with Crippen molar-refractivity contribution in [2.45, 2.75) is 6.54 Å². The van der Waals surface area contributed by atoms with Gasteiger partial charge in [0.1, 0.15) is 0 Å². The van der Waals surface area contributed by atoms with Gasteiger partial charge in [0.05, 0.1) is 18.4 Å². The number of aromatic nitrogens is 4. The largest absolute Gasteiger partial charge is 0.347 e. The van der Waals surface area contributed by atoms with Gasteiger partial charge in [-0.15, -0.1) is 5.10 Å². The van der Waals surface area contributed by atoms with Crippen molar-refractivity contribution in [2.24, 2.45) is 0 Å². The Labute approximate surface area is 122 Å². The number of benzene rings is 1. The zero-order chi connectivity index (χ0) is 14.3. The second-order valence-electron chi connectivity index (χ2n) is 4.33. The number of rotatable bonds is 5. The third-order valence-electron chi connectivity index (χ3n) is 2.76. The molecule has 0 bridgehead atoms. The third-order valence-corrected chi connectivity index (χ3v) is 2.76.